The van der Waals surface area contributed by atoms with Crippen LogP contribution in [0, 0.1) is 5.41 Å². The van der Waals surface area contributed by atoms with E-state index >= 15 is 0 Å². The van der Waals surface area contributed by atoms with E-state index in [0.29, 0.717) is 6.42 Å². The Morgan fingerprint density at radius 1 is 1.00 bits per heavy atom. The molecular weight excluding hydrogens is 350 g/mol. The third-order valence-electron chi connectivity index (χ3n) is 5.14. The number of ether oxygens (including phenoxy) is 1. The van der Waals surface area contributed by atoms with Crippen LogP contribution in [0.3, 0.4) is 0 Å². The van der Waals surface area contributed by atoms with Crippen molar-refractivity contribution in [2.75, 3.05) is 44.5 Å². The Balaban J connectivity index is 4.15. The van der Waals surface area contributed by atoms with Gasteiger partial charge in [0.05, 0.1) is 0 Å². The number of carbonyl (C=O) groups excluding carboxylic acids is 1. The molecule has 1 N–H and O–H groups in total. The van der Waals surface area contributed by atoms with Crippen LogP contribution in [-0.4, -0.2) is 55.3 Å². The third-order valence-corrected chi connectivity index (χ3v) is 11.9. The number of hydrogen-bond acceptors (Lipinski definition) is 5. The van der Waals surface area contributed by atoms with E-state index in [1.165, 1.54) is 0 Å². The van der Waals surface area contributed by atoms with Crippen LogP contribution >= 0.6 is 15.1 Å². The molecule has 0 saturated heterocycles. The van der Waals surface area contributed by atoms with Gasteiger partial charge in [-0.25, -0.2) is 0 Å². The summed E-state index contributed by atoms with van der Waals surface area (Å²) in [6, 6.07) is 0. The monoisotopic (exact) mass is 386 g/mol. The Bertz CT molecular complexity index is 413. The van der Waals surface area contributed by atoms with E-state index in [-0.39, 0.29) is 25.8 Å². The van der Waals surface area contributed by atoms with Crippen molar-refractivity contribution in [1.82, 2.24) is 0 Å². The summed E-state index contributed by atoms with van der Waals surface area (Å²) < 4.78 is 26.8. The average molecular weight is 386 g/mol. The third kappa shape index (κ3) is 8.40. The predicted molar refractivity (Wildman–Crippen MR) is 102 cm³/mol. The number of carbonyl (C=O) groups is 1. The Kier molecular flexibility index (Phi) is 10.9. The standard InChI is InChI=1S/C16H36O6P2/c1-7-16(5,6)15(17)20-11-12-21-24(18,19)22-13-14-23(8-2,9-3)10-4/h23H,7-14H2,1-6H3,(H,18,19). The molecule has 0 aliphatic carbocycles. The first-order chi connectivity index (χ1) is 11.1. The van der Waals surface area contributed by atoms with Crippen molar-refractivity contribution < 1.29 is 28.0 Å². The SMILES string of the molecule is CCC(C)(C)C(=O)OCCOP(=O)(O)OCC[PH](CC)(CC)CC. The molecule has 0 fully saturated rings. The van der Waals surface area contributed by atoms with Gasteiger partial charge in [0.2, 0.25) is 0 Å². The van der Waals surface area contributed by atoms with Gasteiger partial charge in [0.25, 0.3) is 0 Å². The summed E-state index contributed by atoms with van der Waals surface area (Å²) in [5, 5.41) is 0. The molecule has 0 aliphatic rings. The first kappa shape index (κ1) is 24.0. The van der Waals surface area contributed by atoms with Crippen LogP contribution in [0.25, 0.3) is 0 Å². The maximum absolute atomic E-state index is 11.8. The van der Waals surface area contributed by atoms with Gasteiger partial charge in [0, 0.05) is 0 Å². The first-order valence-corrected chi connectivity index (χ1v) is 13.2. The minimum atomic E-state index is -4.09. The van der Waals surface area contributed by atoms with E-state index in [1.807, 2.05) is 6.92 Å². The van der Waals surface area contributed by atoms with Gasteiger partial charge in [0.15, 0.2) is 0 Å². The summed E-state index contributed by atoms with van der Waals surface area (Å²) in [7, 11) is -5.46. The molecule has 8 heteroatoms. The molecule has 0 saturated carbocycles. The van der Waals surface area contributed by atoms with Crippen molar-refractivity contribution >= 4 is 21.1 Å². The summed E-state index contributed by atoms with van der Waals surface area (Å²) in [4.78, 5) is 21.5. The first-order valence-electron chi connectivity index (χ1n) is 8.87. The molecule has 1 atom stereocenters. The molecule has 0 rings (SSSR count). The Labute approximate surface area is 147 Å². The predicted octanol–water partition coefficient (Wildman–Crippen LogP) is 3.91. The van der Waals surface area contributed by atoms with Crippen molar-refractivity contribution in [3.05, 3.63) is 0 Å². The van der Waals surface area contributed by atoms with E-state index in [2.05, 4.69) is 20.8 Å². The van der Waals surface area contributed by atoms with Gasteiger partial charge >= 0.3 is 147 Å². The van der Waals surface area contributed by atoms with Gasteiger partial charge in [-0.1, -0.05) is 0 Å². The van der Waals surface area contributed by atoms with E-state index in [9.17, 15) is 14.3 Å². The van der Waals surface area contributed by atoms with E-state index < -0.39 is 20.5 Å². The van der Waals surface area contributed by atoms with Gasteiger partial charge in [-0.15, -0.1) is 0 Å². The molecule has 0 aromatic rings. The maximum atomic E-state index is 11.8. The molecule has 24 heavy (non-hydrogen) atoms. The van der Waals surface area contributed by atoms with Crippen LogP contribution in [0.4, 0.5) is 0 Å². The second-order valence-corrected chi connectivity index (χ2v) is 13.9. The van der Waals surface area contributed by atoms with Gasteiger partial charge in [-0.05, 0) is 0 Å². The summed E-state index contributed by atoms with van der Waals surface area (Å²) in [5.41, 5.74) is -0.562. The molecule has 0 aliphatic heterocycles. The molecule has 0 heterocycles. The fourth-order valence-corrected chi connectivity index (χ4v) is 6.29. The molecule has 0 bridgehead atoms. The van der Waals surface area contributed by atoms with Crippen molar-refractivity contribution in [3.63, 3.8) is 0 Å². The summed E-state index contributed by atoms with van der Waals surface area (Å²) in [5.74, 6) is -0.341. The normalized spacial score (nSPS) is 15.8. The zero-order chi connectivity index (χ0) is 18.9. The second-order valence-electron chi connectivity index (χ2n) is 6.82. The number of phosphoric acid groups is 1. The van der Waals surface area contributed by atoms with Crippen LogP contribution in [0.15, 0.2) is 0 Å². The topological polar surface area (TPSA) is 82.1 Å². The van der Waals surface area contributed by atoms with Gasteiger partial charge in [0.1, 0.15) is 0 Å². The Morgan fingerprint density at radius 2 is 1.50 bits per heavy atom. The fourth-order valence-electron chi connectivity index (χ4n) is 2.32. The van der Waals surface area contributed by atoms with Gasteiger partial charge in [-0.2, -0.15) is 0 Å². The van der Waals surface area contributed by atoms with E-state index in [1.54, 1.807) is 13.8 Å². The molecule has 6 nitrogen and oxygen atoms in total. The van der Waals surface area contributed by atoms with Crippen molar-refractivity contribution in [3.8, 4) is 0 Å². The second kappa shape index (κ2) is 10.9. The van der Waals surface area contributed by atoms with Gasteiger partial charge < -0.3 is 0 Å². The molecular formula is C16H36O6P2. The molecule has 1 unspecified atom stereocenters. The number of rotatable bonds is 13. The molecule has 146 valence electrons. The van der Waals surface area contributed by atoms with Crippen LogP contribution in [0.1, 0.15) is 48.0 Å². The summed E-state index contributed by atoms with van der Waals surface area (Å²) >= 11 is 0. The van der Waals surface area contributed by atoms with Crippen LogP contribution in [-0.2, 0) is 23.1 Å². The summed E-state index contributed by atoms with van der Waals surface area (Å²) in [6.45, 7) is 12.0. The quantitative estimate of drug-likeness (QED) is 0.294. The Hall–Kier alpha value is 0.01000. The fraction of sp³-hybridized carbons (Fsp3) is 0.938. The van der Waals surface area contributed by atoms with Crippen LogP contribution < -0.4 is 0 Å². The molecule has 0 aromatic heterocycles. The minimum absolute atomic E-state index is 0.0618. The molecule has 0 spiro atoms. The van der Waals surface area contributed by atoms with E-state index in [4.69, 9.17) is 13.8 Å². The van der Waals surface area contributed by atoms with Crippen LogP contribution in [0.2, 0.25) is 0 Å². The summed E-state index contributed by atoms with van der Waals surface area (Å²) in [6.07, 6.45) is 4.94. The average Bonchev–Trinajstić information content (AvgIpc) is 2.55. The van der Waals surface area contributed by atoms with Crippen molar-refractivity contribution in [1.29, 1.82) is 0 Å². The molecule has 0 amide bonds. The number of esters is 1. The number of hydrogen-bond donors (Lipinski definition) is 1. The zero-order valence-corrected chi connectivity index (χ0v) is 18.0. The van der Waals surface area contributed by atoms with Crippen LogP contribution in [0.5, 0.6) is 0 Å². The van der Waals surface area contributed by atoms with Crippen molar-refractivity contribution in [2.24, 2.45) is 5.41 Å². The van der Waals surface area contributed by atoms with Gasteiger partial charge in [-0.3, -0.25) is 0 Å². The van der Waals surface area contributed by atoms with Crippen molar-refractivity contribution in [2.45, 2.75) is 48.0 Å². The van der Waals surface area contributed by atoms with E-state index in [0.717, 1.165) is 24.6 Å². The number of phosphoric ester groups is 1. The molecule has 0 aromatic carbocycles. The Morgan fingerprint density at radius 3 is 1.96 bits per heavy atom. The zero-order valence-electron chi connectivity index (χ0n) is 16.1. The molecule has 0 radical (unpaired) electrons.